The van der Waals surface area contributed by atoms with E-state index in [-0.39, 0.29) is 0 Å². The van der Waals surface area contributed by atoms with Crippen LogP contribution in [-0.4, -0.2) is 4.98 Å². The third-order valence-electron chi connectivity index (χ3n) is 1.70. The van der Waals surface area contributed by atoms with Gasteiger partial charge in [0.25, 0.3) is 0 Å². The number of rotatable bonds is 4. The van der Waals surface area contributed by atoms with Crippen LogP contribution >= 0.6 is 0 Å². The number of pyridine rings is 1. The van der Waals surface area contributed by atoms with Gasteiger partial charge >= 0.3 is 0 Å². The van der Waals surface area contributed by atoms with E-state index in [1.807, 2.05) is 36.4 Å². The highest BCUT2D eigenvalue weighted by molar-refractivity contribution is 5.72. The second-order valence-corrected chi connectivity index (χ2v) is 2.66. The van der Waals surface area contributed by atoms with Gasteiger partial charge in [0.1, 0.15) is 0 Å². The molecule has 0 saturated heterocycles. The molecule has 0 bridgehead atoms. The Morgan fingerprint density at radius 3 is 2.64 bits per heavy atom. The molecule has 0 spiro atoms. The average Bonchev–Trinajstić information content (AvgIpc) is 2.26. The molecule has 0 aliphatic carbocycles. The van der Waals surface area contributed by atoms with Crippen molar-refractivity contribution in [2.24, 2.45) is 0 Å². The van der Waals surface area contributed by atoms with Crippen molar-refractivity contribution < 1.29 is 0 Å². The molecule has 0 unspecified atom stereocenters. The SMILES string of the molecule is C=C/C=C\C=C(/C=C)c1ccccn1. The zero-order valence-corrected chi connectivity index (χ0v) is 8.06. The molecule has 0 saturated carbocycles. The van der Waals surface area contributed by atoms with Gasteiger partial charge in [0.05, 0.1) is 5.69 Å². The summed E-state index contributed by atoms with van der Waals surface area (Å²) < 4.78 is 0. The summed E-state index contributed by atoms with van der Waals surface area (Å²) in [6, 6.07) is 5.80. The van der Waals surface area contributed by atoms with E-state index in [0.29, 0.717) is 0 Å². The Balaban J connectivity index is 2.93. The van der Waals surface area contributed by atoms with E-state index in [2.05, 4.69) is 18.1 Å². The topological polar surface area (TPSA) is 12.9 Å². The zero-order chi connectivity index (χ0) is 10.2. The molecule has 0 atom stereocenters. The van der Waals surface area contributed by atoms with E-state index in [1.165, 1.54) is 0 Å². The van der Waals surface area contributed by atoms with Crippen molar-refractivity contribution in [3.8, 4) is 0 Å². The summed E-state index contributed by atoms with van der Waals surface area (Å²) in [4.78, 5) is 4.23. The van der Waals surface area contributed by atoms with Crippen molar-refractivity contribution in [1.82, 2.24) is 4.98 Å². The third kappa shape index (κ3) is 2.87. The highest BCUT2D eigenvalue weighted by Gasteiger charge is 1.94. The summed E-state index contributed by atoms with van der Waals surface area (Å²) >= 11 is 0. The van der Waals surface area contributed by atoms with E-state index in [1.54, 1.807) is 18.3 Å². The summed E-state index contributed by atoms with van der Waals surface area (Å²) in [6.45, 7) is 7.35. The Labute approximate surface area is 84.8 Å². The molecule has 0 amide bonds. The van der Waals surface area contributed by atoms with Crippen molar-refractivity contribution >= 4 is 5.57 Å². The second-order valence-electron chi connectivity index (χ2n) is 2.66. The molecule has 0 aliphatic heterocycles. The Morgan fingerprint density at radius 1 is 1.21 bits per heavy atom. The molecule has 1 rings (SSSR count). The molecule has 1 nitrogen and oxygen atoms in total. The smallest absolute Gasteiger partial charge is 0.0701 e. The normalized spacial score (nSPS) is 11.6. The standard InChI is InChI=1S/C13H13N/c1-3-5-6-9-12(4-2)13-10-7-8-11-14-13/h3-11H,1-2H2/b6-5-,12-9+. The van der Waals surface area contributed by atoms with Crippen LogP contribution < -0.4 is 0 Å². The number of aromatic nitrogens is 1. The third-order valence-corrected chi connectivity index (χ3v) is 1.70. The average molecular weight is 183 g/mol. The van der Waals surface area contributed by atoms with Crippen molar-refractivity contribution in [2.75, 3.05) is 0 Å². The van der Waals surface area contributed by atoms with Crippen molar-refractivity contribution in [1.29, 1.82) is 0 Å². The van der Waals surface area contributed by atoms with Crippen LogP contribution in [0.25, 0.3) is 5.57 Å². The largest absolute Gasteiger partial charge is 0.256 e. The molecule has 1 heterocycles. The Hall–Kier alpha value is -1.89. The van der Waals surface area contributed by atoms with Gasteiger partial charge in [-0.15, -0.1) is 0 Å². The molecule has 0 fully saturated rings. The van der Waals surface area contributed by atoms with Crippen LogP contribution in [0.2, 0.25) is 0 Å². The summed E-state index contributed by atoms with van der Waals surface area (Å²) in [5.74, 6) is 0. The van der Waals surface area contributed by atoms with Crippen LogP contribution in [0.15, 0.2) is 67.9 Å². The van der Waals surface area contributed by atoms with Gasteiger partial charge in [-0.1, -0.05) is 49.6 Å². The summed E-state index contributed by atoms with van der Waals surface area (Å²) in [5.41, 5.74) is 1.93. The molecule has 0 aromatic carbocycles. The van der Waals surface area contributed by atoms with E-state index in [0.717, 1.165) is 11.3 Å². The highest BCUT2D eigenvalue weighted by Crippen LogP contribution is 2.11. The lowest BCUT2D eigenvalue weighted by Crippen LogP contribution is -1.83. The zero-order valence-electron chi connectivity index (χ0n) is 8.06. The van der Waals surface area contributed by atoms with Crippen LogP contribution in [0.3, 0.4) is 0 Å². The molecule has 1 aromatic rings. The number of hydrogen-bond donors (Lipinski definition) is 0. The first-order chi connectivity index (χ1) is 6.88. The first-order valence-electron chi connectivity index (χ1n) is 4.41. The molecule has 0 N–H and O–H groups in total. The van der Waals surface area contributed by atoms with Crippen LogP contribution in [0.1, 0.15) is 5.69 Å². The van der Waals surface area contributed by atoms with Gasteiger partial charge in [-0.25, -0.2) is 0 Å². The minimum atomic E-state index is 0.927. The summed E-state index contributed by atoms with van der Waals surface area (Å²) in [5, 5.41) is 0. The predicted molar refractivity (Wildman–Crippen MR) is 61.7 cm³/mol. The summed E-state index contributed by atoms with van der Waals surface area (Å²) in [7, 11) is 0. The van der Waals surface area contributed by atoms with Crippen LogP contribution in [-0.2, 0) is 0 Å². The molecule has 1 heteroatoms. The van der Waals surface area contributed by atoms with Crippen LogP contribution in [0.4, 0.5) is 0 Å². The van der Waals surface area contributed by atoms with E-state index < -0.39 is 0 Å². The molecule has 70 valence electrons. The Kier molecular flexibility index (Phi) is 4.15. The maximum atomic E-state index is 4.23. The van der Waals surface area contributed by atoms with Gasteiger partial charge in [-0.3, -0.25) is 4.98 Å². The molecule has 0 aliphatic rings. The van der Waals surface area contributed by atoms with E-state index in [4.69, 9.17) is 0 Å². The lowest BCUT2D eigenvalue weighted by molar-refractivity contribution is 1.28. The first kappa shape index (κ1) is 10.2. The monoisotopic (exact) mass is 183 g/mol. The number of hydrogen-bond acceptors (Lipinski definition) is 1. The Morgan fingerprint density at radius 2 is 2.07 bits per heavy atom. The van der Waals surface area contributed by atoms with Crippen molar-refractivity contribution in [3.05, 3.63) is 73.6 Å². The van der Waals surface area contributed by atoms with E-state index in [9.17, 15) is 0 Å². The molecule has 0 radical (unpaired) electrons. The van der Waals surface area contributed by atoms with Gasteiger partial charge < -0.3 is 0 Å². The number of allylic oxidation sites excluding steroid dienone is 6. The van der Waals surface area contributed by atoms with Gasteiger partial charge in [0.2, 0.25) is 0 Å². The quantitative estimate of drug-likeness (QED) is 0.652. The predicted octanol–water partition coefficient (Wildman–Crippen LogP) is 3.39. The number of nitrogens with zero attached hydrogens (tertiary/aromatic N) is 1. The van der Waals surface area contributed by atoms with Crippen LogP contribution in [0, 0.1) is 0 Å². The molecule has 1 aromatic heterocycles. The highest BCUT2D eigenvalue weighted by atomic mass is 14.7. The molecular weight excluding hydrogens is 170 g/mol. The minimum Gasteiger partial charge on any atom is -0.256 e. The van der Waals surface area contributed by atoms with Crippen molar-refractivity contribution in [2.45, 2.75) is 0 Å². The molecular formula is C13H13N. The van der Waals surface area contributed by atoms with Gasteiger partial charge in [0.15, 0.2) is 0 Å². The molecule has 14 heavy (non-hydrogen) atoms. The lowest BCUT2D eigenvalue weighted by atomic mass is 10.1. The van der Waals surface area contributed by atoms with Gasteiger partial charge in [0, 0.05) is 6.20 Å². The van der Waals surface area contributed by atoms with E-state index >= 15 is 0 Å². The first-order valence-corrected chi connectivity index (χ1v) is 4.41. The second kappa shape index (κ2) is 5.70. The summed E-state index contributed by atoms with van der Waals surface area (Å²) in [6.07, 6.45) is 11.0. The fourth-order valence-electron chi connectivity index (χ4n) is 1.03. The van der Waals surface area contributed by atoms with Crippen LogP contribution in [0.5, 0.6) is 0 Å². The van der Waals surface area contributed by atoms with Crippen molar-refractivity contribution in [3.63, 3.8) is 0 Å². The Bertz CT molecular complexity index is 358. The maximum absolute atomic E-state index is 4.23. The fraction of sp³-hybridized carbons (Fsp3) is 0. The van der Waals surface area contributed by atoms with Gasteiger partial charge in [-0.05, 0) is 17.7 Å². The fourth-order valence-corrected chi connectivity index (χ4v) is 1.03. The van der Waals surface area contributed by atoms with Gasteiger partial charge in [-0.2, -0.15) is 0 Å². The maximum Gasteiger partial charge on any atom is 0.0701 e. The minimum absolute atomic E-state index is 0.927. The lowest BCUT2D eigenvalue weighted by Gasteiger charge is -1.98.